The predicted molar refractivity (Wildman–Crippen MR) is 114 cm³/mol. The van der Waals surface area contributed by atoms with Crippen LogP contribution >= 0.6 is 0 Å². The number of fused-ring (bicyclic) bond motifs is 2. The third-order valence-corrected chi connectivity index (χ3v) is 5.05. The van der Waals surface area contributed by atoms with Gasteiger partial charge in [-0.05, 0) is 49.2 Å². The summed E-state index contributed by atoms with van der Waals surface area (Å²) in [4.78, 5) is 15.2. The van der Waals surface area contributed by atoms with E-state index >= 15 is 0 Å². The number of hydrogen-bond donors (Lipinski definition) is 1. The van der Waals surface area contributed by atoms with Crippen molar-refractivity contribution in [3.05, 3.63) is 71.8 Å². The lowest BCUT2D eigenvalue weighted by atomic mass is 9.97. The maximum atomic E-state index is 13.3. The molecule has 0 radical (unpaired) electrons. The molecule has 4 rings (SSSR count). The molecular formula is C24H26N2O2. The van der Waals surface area contributed by atoms with Crippen LogP contribution in [0.1, 0.15) is 49.3 Å². The minimum atomic E-state index is -0.276. The van der Waals surface area contributed by atoms with Crippen LogP contribution in [0.4, 0.5) is 5.69 Å². The first-order chi connectivity index (χ1) is 13.6. The molecule has 0 aliphatic carbocycles. The van der Waals surface area contributed by atoms with Crippen LogP contribution in [0.2, 0.25) is 0 Å². The first-order valence-electron chi connectivity index (χ1n) is 9.95. The third kappa shape index (κ3) is 3.19. The van der Waals surface area contributed by atoms with Gasteiger partial charge in [0.1, 0.15) is 11.9 Å². The maximum Gasteiger partial charge on any atom is 0.257 e. The van der Waals surface area contributed by atoms with Crippen molar-refractivity contribution in [2.45, 2.75) is 39.5 Å². The standard InChI is InChI=1S/C24H26N2O2/c1-4-15-26-23(25-20-12-8-7-11-19(20)24(26)27)22-18-10-6-5-9-17(18)13-14-21(22)28-16(2)3/h5-14,16,23,25H,4,15H2,1-3H3. The molecule has 1 aliphatic heterocycles. The molecule has 0 bridgehead atoms. The lowest BCUT2D eigenvalue weighted by Crippen LogP contribution is -2.43. The largest absolute Gasteiger partial charge is 0.491 e. The molecule has 3 aromatic carbocycles. The molecule has 144 valence electrons. The lowest BCUT2D eigenvalue weighted by molar-refractivity contribution is 0.0681. The van der Waals surface area contributed by atoms with E-state index in [9.17, 15) is 4.79 Å². The molecule has 0 saturated carbocycles. The molecule has 1 atom stereocenters. The fraction of sp³-hybridized carbons (Fsp3) is 0.292. The first kappa shape index (κ1) is 18.4. The Morgan fingerprint density at radius 1 is 1.04 bits per heavy atom. The topological polar surface area (TPSA) is 41.6 Å². The van der Waals surface area contributed by atoms with Crippen LogP contribution in [0.5, 0.6) is 5.75 Å². The number of anilines is 1. The fourth-order valence-electron chi connectivity index (χ4n) is 3.91. The molecule has 1 unspecified atom stereocenters. The number of para-hydroxylation sites is 1. The van der Waals surface area contributed by atoms with E-state index in [-0.39, 0.29) is 18.2 Å². The summed E-state index contributed by atoms with van der Waals surface area (Å²) in [5.74, 6) is 0.879. The van der Waals surface area contributed by atoms with Crippen LogP contribution in [0.15, 0.2) is 60.7 Å². The van der Waals surface area contributed by atoms with Gasteiger partial charge in [0, 0.05) is 17.8 Å². The highest BCUT2D eigenvalue weighted by molar-refractivity contribution is 6.02. The zero-order chi connectivity index (χ0) is 19.7. The number of benzene rings is 3. The van der Waals surface area contributed by atoms with E-state index in [4.69, 9.17) is 4.74 Å². The van der Waals surface area contributed by atoms with Gasteiger partial charge in [-0.15, -0.1) is 0 Å². The van der Waals surface area contributed by atoms with Gasteiger partial charge >= 0.3 is 0 Å². The number of hydrogen-bond acceptors (Lipinski definition) is 3. The van der Waals surface area contributed by atoms with E-state index in [2.05, 4.69) is 30.4 Å². The number of rotatable bonds is 5. The van der Waals surface area contributed by atoms with E-state index in [0.717, 1.165) is 39.8 Å². The SMILES string of the molecule is CCCN1C(=O)c2ccccc2NC1c1c(OC(C)C)ccc2ccccc12. The second kappa shape index (κ2) is 7.55. The van der Waals surface area contributed by atoms with Crippen molar-refractivity contribution in [1.29, 1.82) is 0 Å². The van der Waals surface area contributed by atoms with Crippen LogP contribution in [0.3, 0.4) is 0 Å². The summed E-state index contributed by atoms with van der Waals surface area (Å²) >= 11 is 0. The number of carbonyl (C=O) groups excluding carboxylic acids is 1. The number of nitrogens with one attached hydrogen (secondary N) is 1. The minimum absolute atomic E-state index is 0.0473. The van der Waals surface area contributed by atoms with Crippen molar-refractivity contribution >= 4 is 22.4 Å². The maximum absolute atomic E-state index is 13.3. The summed E-state index contributed by atoms with van der Waals surface area (Å²) < 4.78 is 6.18. The van der Waals surface area contributed by atoms with Crippen molar-refractivity contribution in [1.82, 2.24) is 4.90 Å². The minimum Gasteiger partial charge on any atom is -0.491 e. The van der Waals surface area contributed by atoms with Crippen molar-refractivity contribution in [3.8, 4) is 5.75 Å². The molecule has 1 aliphatic rings. The molecule has 4 nitrogen and oxygen atoms in total. The van der Waals surface area contributed by atoms with Gasteiger partial charge in [0.25, 0.3) is 5.91 Å². The summed E-state index contributed by atoms with van der Waals surface area (Å²) in [6.45, 7) is 6.82. The predicted octanol–water partition coefficient (Wildman–Crippen LogP) is 5.60. The van der Waals surface area contributed by atoms with E-state index in [1.54, 1.807) is 0 Å². The van der Waals surface area contributed by atoms with Gasteiger partial charge < -0.3 is 15.0 Å². The summed E-state index contributed by atoms with van der Waals surface area (Å²) in [5, 5.41) is 5.85. The molecule has 1 amide bonds. The first-order valence-corrected chi connectivity index (χ1v) is 9.95. The van der Waals surface area contributed by atoms with Crippen LogP contribution in [-0.2, 0) is 0 Å². The van der Waals surface area contributed by atoms with E-state index in [1.165, 1.54) is 0 Å². The van der Waals surface area contributed by atoms with Gasteiger partial charge in [0.15, 0.2) is 0 Å². The third-order valence-electron chi connectivity index (χ3n) is 5.05. The Morgan fingerprint density at radius 2 is 1.79 bits per heavy atom. The summed E-state index contributed by atoms with van der Waals surface area (Å²) in [5.41, 5.74) is 2.61. The highest BCUT2D eigenvalue weighted by Gasteiger charge is 2.34. The molecule has 1 N–H and O–H groups in total. The van der Waals surface area contributed by atoms with E-state index in [0.29, 0.717) is 6.54 Å². The number of ether oxygens (including phenoxy) is 1. The second-order valence-corrected chi connectivity index (χ2v) is 7.46. The number of amides is 1. The molecule has 4 heteroatoms. The Hall–Kier alpha value is -3.01. The Kier molecular flexibility index (Phi) is 4.95. The smallest absolute Gasteiger partial charge is 0.257 e. The summed E-state index contributed by atoms with van der Waals surface area (Å²) in [6, 6.07) is 20.1. The number of carbonyl (C=O) groups is 1. The normalized spacial score (nSPS) is 16.2. The van der Waals surface area contributed by atoms with Gasteiger partial charge in [-0.25, -0.2) is 0 Å². The van der Waals surface area contributed by atoms with Gasteiger partial charge in [-0.1, -0.05) is 49.4 Å². The molecule has 28 heavy (non-hydrogen) atoms. The Bertz CT molecular complexity index is 1010. The molecule has 3 aromatic rings. The van der Waals surface area contributed by atoms with Gasteiger partial charge in [-0.2, -0.15) is 0 Å². The van der Waals surface area contributed by atoms with Crippen molar-refractivity contribution in [2.24, 2.45) is 0 Å². The molecule has 0 spiro atoms. The van der Waals surface area contributed by atoms with Crippen LogP contribution in [0.25, 0.3) is 10.8 Å². The van der Waals surface area contributed by atoms with E-state index < -0.39 is 0 Å². The average Bonchev–Trinajstić information content (AvgIpc) is 2.70. The zero-order valence-electron chi connectivity index (χ0n) is 16.6. The summed E-state index contributed by atoms with van der Waals surface area (Å²) in [6.07, 6.45) is 0.658. The molecule has 0 saturated heterocycles. The molecule has 1 heterocycles. The number of nitrogens with zero attached hydrogens (tertiary/aromatic N) is 1. The van der Waals surface area contributed by atoms with Crippen molar-refractivity contribution in [3.63, 3.8) is 0 Å². The van der Waals surface area contributed by atoms with Crippen LogP contribution < -0.4 is 10.1 Å². The Morgan fingerprint density at radius 3 is 2.57 bits per heavy atom. The van der Waals surface area contributed by atoms with Crippen LogP contribution in [-0.4, -0.2) is 23.5 Å². The monoisotopic (exact) mass is 374 g/mol. The quantitative estimate of drug-likeness (QED) is 0.632. The molecule has 0 aromatic heterocycles. The summed E-state index contributed by atoms with van der Waals surface area (Å²) in [7, 11) is 0. The molecular weight excluding hydrogens is 348 g/mol. The highest BCUT2D eigenvalue weighted by atomic mass is 16.5. The zero-order valence-corrected chi connectivity index (χ0v) is 16.6. The molecule has 0 fully saturated rings. The fourth-order valence-corrected chi connectivity index (χ4v) is 3.91. The lowest BCUT2D eigenvalue weighted by Gasteiger charge is -2.39. The van der Waals surface area contributed by atoms with Crippen LogP contribution in [0, 0.1) is 0 Å². The van der Waals surface area contributed by atoms with E-state index in [1.807, 2.05) is 61.2 Å². The Labute approximate surface area is 166 Å². The second-order valence-electron chi connectivity index (χ2n) is 7.46. The Balaban J connectivity index is 1.93. The highest BCUT2D eigenvalue weighted by Crippen LogP contribution is 2.40. The van der Waals surface area contributed by atoms with Crippen molar-refractivity contribution in [2.75, 3.05) is 11.9 Å². The average molecular weight is 374 g/mol. The van der Waals surface area contributed by atoms with Gasteiger partial charge in [0.2, 0.25) is 0 Å². The van der Waals surface area contributed by atoms with Gasteiger partial charge in [0.05, 0.1) is 11.7 Å². The van der Waals surface area contributed by atoms with Gasteiger partial charge in [-0.3, -0.25) is 4.79 Å². The van der Waals surface area contributed by atoms with Crippen molar-refractivity contribution < 1.29 is 9.53 Å².